The molecule has 1 aliphatic rings. The fourth-order valence-corrected chi connectivity index (χ4v) is 5.80. The number of thiazole rings is 1. The Hall–Kier alpha value is -3.90. The van der Waals surface area contributed by atoms with E-state index in [4.69, 9.17) is 11.5 Å². The summed E-state index contributed by atoms with van der Waals surface area (Å²) in [7, 11) is 1.68. The topological polar surface area (TPSA) is 156 Å². The fraction of sp³-hybridized carbons (Fsp3) is 0.393. The van der Waals surface area contributed by atoms with Gasteiger partial charge >= 0.3 is 0 Å². The Kier molecular flexibility index (Phi) is 9.78. The van der Waals surface area contributed by atoms with Gasteiger partial charge in [-0.1, -0.05) is 24.3 Å². The molecule has 0 spiro atoms. The number of aromatic nitrogens is 1. The quantitative estimate of drug-likeness (QED) is 0.113. The Balaban J connectivity index is 1.48. The summed E-state index contributed by atoms with van der Waals surface area (Å²) in [6.45, 7) is 0.739. The first-order valence-electron chi connectivity index (χ1n) is 13.2. The number of ketones is 1. The van der Waals surface area contributed by atoms with Crippen molar-refractivity contribution >= 4 is 45.1 Å². The number of nitrogens with zero attached hydrogens (tertiary/aromatic N) is 3. The van der Waals surface area contributed by atoms with Crippen LogP contribution in [0.3, 0.4) is 0 Å². The van der Waals surface area contributed by atoms with Gasteiger partial charge in [-0.05, 0) is 69.0 Å². The van der Waals surface area contributed by atoms with E-state index in [1.807, 2.05) is 24.3 Å². The van der Waals surface area contributed by atoms with Crippen LogP contribution in [0.25, 0.3) is 10.2 Å². The van der Waals surface area contributed by atoms with Crippen LogP contribution in [0.5, 0.6) is 0 Å². The number of hydrogen-bond acceptors (Lipinski definition) is 7. The maximum atomic E-state index is 13.5. The zero-order valence-corrected chi connectivity index (χ0v) is 23.1. The summed E-state index contributed by atoms with van der Waals surface area (Å²) < 4.78 is 14.2. The van der Waals surface area contributed by atoms with Crippen LogP contribution in [0, 0.1) is 5.82 Å². The SMILES string of the molecule is CN[C@H](Cc1ccc(F)cc1)C(=O)N1CCC[C@H]1C(=O)NC(CCCN=C(N)N)C(=O)c1nc2ccccc2s1. The van der Waals surface area contributed by atoms with Gasteiger partial charge in [-0.15, -0.1) is 11.3 Å². The predicted molar refractivity (Wildman–Crippen MR) is 153 cm³/mol. The van der Waals surface area contributed by atoms with Crippen LogP contribution in [0.2, 0.25) is 0 Å². The van der Waals surface area contributed by atoms with Crippen LogP contribution in [0.1, 0.15) is 41.0 Å². The molecule has 0 radical (unpaired) electrons. The van der Waals surface area contributed by atoms with Crippen LogP contribution < -0.4 is 22.1 Å². The van der Waals surface area contributed by atoms with Crippen molar-refractivity contribution < 1.29 is 18.8 Å². The number of carbonyl (C=O) groups excluding carboxylic acids is 3. The molecule has 1 aromatic heterocycles. The first-order valence-corrected chi connectivity index (χ1v) is 14.1. The van der Waals surface area contributed by atoms with Gasteiger partial charge in [0.1, 0.15) is 11.9 Å². The number of benzene rings is 2. The van der Waals surface area contributed by atoms with Crippen molar-refractivity contribution in [3.05, 3.63) is 64.9 Å². The van der Waals surface area contributed by atoms with E-state index in [0.29, 0.717) is 55.7 Å². The number of halogens is 1. The van der Waals surface area contributed by atoms with E-state index in [1.165, 1.54) is 23.5 Å². The average molecular weight is 568 g/mol. The number of hydrogen-bond donors (Lipinski definition) is 4. The van der Waals surface area contributed by atoms with E-state index in [-0.39, 0.29) is 29.4 Å². The lowest BCUT2D eigenvalue weighted by Gasteiger charge is -2.29. The minimum atomic E-state index is -0.848. The van der Waals surface area contributed by atoms with Gasteiger partial charge in [0.15, 0.2) is 11.0 Å². The normalized spacial score (nSPS) is 16.4. The molecule has 3 atom stereocenters. The van der Waals surface area contributed by atoms with Crippen LogP contribution in [-0.2, 0) is 16.0 Å². The summed E-state index contributed by atoms with van der Waals surface area (Å²) in [6.07, 6.45) is 2.27. The number of Topliss-reactive ketones (excluding diaryl/α,β-unsaturated/α-hetero) is 1. The van der Waals surface area contributed by atoms with Gasteiger partial charge < -0.3 is 27.0 Å². The summed E-state index contributed by atoms with van der Waals surface area (Å²) in [5, 5.41) is 6.23. The summed E-state index contributed by atoms with van der Waals surface area (Å²) in [5.74, 6) is -1.28. The largest absolute Gasteiger partial charge is 0.370 e. The van der Waals surface area contributed by atoms with Crippen molar-refractivity contribution in [1.82, 2.24) is 20.5 Å². The molecule has 1 fully saturated rings. The number of para-hydroxylation sites is 1. The number of nitrogens with two attached hydrogens (primary N) is 2. The highest BCUT2D eigenvalue weighted by Gasteiger charge is 2.38. The third-order valence-electron chi connectivity index (χ3n) is 6.92. The van der Waals surface area contributed by atoms with Crippen molar-refractivity contribution in [3.63, 3.8) is 0 Å². The minimum absolute atomic E-state index is 0.0436. The summed E-state index contributed by atoms with van der Waals surface area (Å²) in [6, 6.07) is 11.3. The molecule has 0 aliphatic carbocycles. The molecule has 3 aromatic rings. The summed E-state index contributed by atoms with van der Waals surface area (Å²) in [4.78, 5) is 50.5. The molecule has 12 heteroatoms. The highest BCUT2D eigenvalue weighted by Crippen LogP contribution is 2.24. The molecule has 0 saturated carbocycles. The Morgan fingerprint density at radius 1 is 1.15 bits per heavy atom. The summed E-state index contributed by atoms with van der Waals surface area (Å²) in [5.41, 5.74) is 12.4. The molecule has 212 valence electrons. The van der Waals surface area contributed by atoms with E-state index in [1.54, 1.807) is 24.1 Å². The predicted octanol–water partition coefficient (Wildman–Crippen LogP) is 1.98. The van der Waals surface area contributed by atoms with Crippen LogP contribution >= 0.6 is 11.3 Å². The molecule has 1 saturated heterocycles. The molecule has 10 nitrogen and oxygen atoms in total. The van der Waals surface area contributed by atoms with Crippen molar-refractivity contribution in [3.8, 4) is 0 Å². The molecule has 2 amide bonds. The molecule has 1 aliphatic heterocycles. The van der Waals surface area contributed by atoms with Crippen LogP contribution in [0.4, 0.5) is 4.39 Å². The summed E-state index contributed by atoms with van der Waals surface area (Å²) >= 11 is 1.28. The number of guanidine groups is 1. The first kappa shape index (κ1) is 29.1. The molecule has 1 unspecified atom stereocenters. The number of nitrogens with one attached hydrogen (secondary N) is 2. The second kappa shape index (κ2) is 13.4. The highest BCUT2D eigenvalue weighted by molar-refractivity contribution is 7.20. The molecule has 2 aromatic carbocycles. The van der Waals surface area contributed by atoms with E-state index in [9.17, 15) is 18.8 Å². The lowest BCUT2D eigenvalue weighted by Crippen LogP contribution is -2.54. The van der Waals surface area contributed by atoms with Gasteiger partial charge in [0.2, 0.25) is 17.6 Å². The molecule has 4 rings (SSSR count). The Labute approximate surface area is 236 Å². The van der Waals surface area contributed by atoms with Crippen molar-refractivity contribution in [2.45, 2.75) is 50.2 Å². The number of carbonyl (C=O) groups is 3. The van der Waals surface area contributed by atoms with E-state index in [0.717, 1.165) is 10.3 Å². The average Bonchev–Trinajstić information content (AvgIpc) is 3.61. The Morgan fingerprint density at radius 2 is 1.90 bits per heavy atom. The highest BCUT2D eigenvalue weighted by atomic mass is 32.1. The number of amides is 2. The van der Waals surface area contributed by atoms with Gasteiger partial charge in [0, 0.05) is 13.1 Å². The van der Waals surface area contributed by atoms with Gasteiger partial charge in [-0.2, -0.15) is 0 Å². The number of rotatable bonds is 12. The second-order valence-corrected chi connectivity index (χ2v) is 10.8. The Morgan fingerprint density at radius 3 is 2.60 bits per heavy atom. The molecular weight excluding hydrogens is 533 g/mol. The molecule has 0 bridgehead atoms. The maximum absolute atomic E-state index is 13.5. The Bertz CT molecular complexity index is 1340. The van der Waals surface area contributed by atoms with Gasteiger partial charge in [0.25, 0.3) is 0 Å². The second-order valence-electron chi connectivity index (χ2n) is 9.72. The van der Waals surface area contributed by atoms with Crippen LogP contribution in [0.15, 0.2) is 53.5 Å². The monoisotopic (exact) mass is 567 g/mol. The standard InChI is InChI=1S/C28H34FN7O3S/c1-32-21(16-17-10-12-18(29)13-11-17)27(39)36-15-5-8-22(36)25(38)34-20(7-4-14-33-28(30)31)24(37)26-35-19-6-2-3-9-23(19)40-26/h2-3,6,9-13,20-22,32H,4-5,7-8,14-16H2,1H3,(H,34,38)(H4,30,31,33)/t20?,21-,22+/m1/s1. The third-order valence-corrected chi connectivity index (χ3v) is 7.97. The van der Waals surface area contributed by atoms with Gasteiger partial charge in [0.05, 0.1) is 22.3 Å². The lowest BCUT2D eigenvalue weighted by atomic mass is 10.0. The molecular formula is C28H34FN7O3S. The minimum Gasteiger partial charge on any atom is -0.370 e. The number of likely N-dealkylation sites (tertiary alicyclic amines) is 1. The molecule has 2 heterocycles. The van der Waals surface area contributed by atoms with Crippen molar-refractivity contribution in [1.29, 1.82) is 0 Å². The van der Waals surface area contributed by atoms with Crippen molar-refractivity contribution in [2.75, 3.05) is 20.1 Å². The number of fused-ring (bicyclic) bond motifs is 1. The zero-order valence-electron chi connectivity index (χ0n) is 22.3. The molecule has 6 N–H and O–H groups in total. The van der Waals surface area contributed by atoms with E-state index < -0.39 is 18.1 Å². The first-order chi connectivity index (χ1) is 19.3. The zero-order chi connectivity index (χ0) is 28.6. The van der Waals surface area contributed by atoms with Crippen molar-refractivity contribution in [2.24, 2.45) is 16.5 Å². The third kappa shape index (κ3) is 7.19. The number of likely N-dealkylation sites (N-methyl/N-ethyl adjacent to an activating group) is 1. The fourth-order valence-electron chi connectivity index (χ4n) is 4.84. The molecule has 40 heavy (non-hydrogen) atoms. The maximum Gasteiger partial charge on any atom is 0.243 e. The van der Waals surface area contributed by atoms with Gasteiger partial charge in [-0.3, -0.25) is 19.4 Å². The smallest absolute Gasteiger partial charge is 0.243 e. The van der Waals surface area contributed by atoms with Gasteiger partial charge in [-0.25, -0.2) is 9.37 Å². The van der Waals surface area contributed by atoms with Crippen LogP contribution in [-0.4, -0.2) is 71.7 Å². The lowest BCUT2D eigenvalue weighted by molar-refractivity contribution is -0.140. The van der Waals surface area contributed by atoms with E-state index >= 15 is 0 Å². The number of aliphatic imine (C=N–C) groups is 1. The van der Waals surface area contributed by atoms with E-state index in [2.05, 4.69) is 20.6 Å².